The summed E-state index contributed by atoms with van der Waals surface area (Å²) in [5, 5.41) is 19.2. The molecule has 0 aliphatic heterocycles. The maximum Gasteiger partial charge on any atom is 0.284 e. The van der Waals surface area contributed by atoms with Crippen LogP contribution in [0, 0.1) is 21.4 Å². The lowest BCUT2D eigenvalue weighted by Crippen LogP contribution is -2.09. The largest absolute Gasteiger partial charge is 0.459 e. The first kappa shape index (κ1) is 15.1. The van der Waals surface area contributed by atoms with Gasteiger partial charge in [0.15, 0.2) is 0 Å². The summed E-state index contributed by atoms with van der Waals surface area (Å²) in [6, 6.07) is 6.44. The van der Waals surface area contributed by atoms with E-state index >= 15 is 0 Å². The van der Waals surface area contributed by atoms with Gasteiger partial charge in [0.25, 0.3) is 5.70 Å². The second-order valence-corrected chi connectivity index (χ2v) is 3.61. The van der Waals surface area contributed by atoms with E-state index in [1.807, 2.05) is 6.07 Å². The number of hydrogen-bond donors (Lipinski definition) is 1. The minimum atomic E-state index is -0.639. The van der Waals surface area contributed by atoms with Crippen LogP contribution in [-0.4, -0.2) is 12.8 Å². The maximum atomic E-state index is 10.5. The van der Waals surface area contributed by atoms with Gasteiger partial charge < -0.3 is 10.5 Å². The monoisotopic (exact) mass is 267 g/mol. The van der Waals surface area contributed by atoms with Crippen molar-refractivity contribution >= 4 is 13.3 Å². The number of nitrogens with zero attached hydrogens (tertiary/aromatic N) is 2. The third kappa shape index (κ3) is 4.03. The predicted molar refractivity (Wildman–Crippen MR) is 74.7 cm³/mol. The van der Waals surface area contributed by atoms with Crippen molar-refractivity contribution in [2.45, 2.75) is 0 Å². The van der Waals surface area contributed by atoms with Gasteiger partial charge in [-0.2, -0.15) is 5.26 Å². The fraction of sp³-hybridized carbons (Fsp3) is 0. The summed E-state index contributed by atoms with van der Waals surface area (Å²) in [6.07, 6.45) is 3.31. The lowest BCUT2D eigenvalue weighted by Gasteiger charge is -2.08. The molecule has 2 radical (unpaired) electrons. The van der Waals surface area contributed by atoms with Crippen LogP contribution in [0.4, 0.5) is 0 Å². The molecule has 0 unspecified atom stereocenters. The maximum absolute atomic E-state index is 10.5. The Hall–Kier alpha value is -3.01. The molecule has 0 spiro atoms. The average molecular weight is 267 g/mol. The number of nitriles is 1. The summed E-state index contributed by atoms with van der Waals surface area (Å²) < 4.78 is 5.31. The van der Waals surface area contributed by atoms with E-state index in [1.54, 1.807) is 0 Å². The van der Waals surface area contributed by atoms with Crippen molar-refractivity contribution in [1.29, 1.82) is 5.26 Å². The fourth-order valence-electron chi connectivity index (χ4n) is 1.24. The molecule has 0 saturated carbocycles. The Morgan fingerprint density at radius 1 is 1.55 bits per heavy atom. The van der Waals surface area contributed by atoms with Crippen LogP contribution in [-0.2, 0) is 0 Å². The highest BCUT2D eigenvalue weighted by Gasteiger charge is 2.05. The summed E-state index contributed by atoms with van der Waals surface area (Å²) in [5.41, 5.74) is 5.47. The molecule has 0 aromatic heterocycles. The van der Waals surface area contributed by atoms with Crippen LogP contribution in [0.1, 0.15) is 5.56 Å². The van der Waals surface area contributed by atoms with Gasteiger partial charge in [0.05, 0.1) is 22.8 Å². The van der Waals surface area contributed by atoms with Gasteiger partial charge in [-0.05, 0) is 24.3 Å². The summed E-state index contributed by atoms with van der Waals surface area (Å²) in [7, 11) is 5.69. The van der Waals surface area contributed by atoms with Crippen molar-refractivity contribution in [3.8, 4) is 11.8 Å². The normalized spacial score (nSPS) is 11.1. The molecule has 98 valence electrons. The first-order valence-electron chi connectivity index (χ1n) is 5.38. The summed E-state index contributed by atoms with van der Waals surface area (Å²) in [4.78, 5) is 9.87. The van der Waals surface area contributed by atoms with E-state index in [9.17, 15) is 10.1 Å². The Balaban J connectivity index is 2.80. The molecular weight excluding hydrogens is 257 g/mol. The standard InChI is InChI=1S/C13H10BN3O3/c1-9(2-4-11(8-16)17(18)19)20-13-5-3-10(7-15)6-12(13)14/h2-6,8H,1,16H2/b4-2-,11-8+. The van der Waals surface area contributed by atoms with Crippen LogP contribution in [0.25, 0.3) is 0 Å². The van der Waals surface area contributed by atoms with Crippen molar-refractivity contribution in [1.82, 2.24) is 0 Å². The molecule has 0 bridgehead atoms. The molecule has 0 heterocycles. The number of nitro groups is 1. The zero-order chi connectivity index (χ0) is 15.1. The van der Waals surface area contributed by atoms with Crippen molar-refractivity contribution in [2.75, 3.05) is 0 Å². The summed E-state index contributed by atoms with van der Waals surface area (Å²) >= 11 is 0. The highest BCUT2D eigenvalue weighted by atomic mass is 16.6. The molecule has 0 fully saturated rings. The Bertz CT molecular complexity index is 645. The number of nitrogens with two attached hydrogens (primary N) is 1. The van der Waals surface area contributed by atoms with E-state index in [1.165, 1.54) is 24.3 Å². The van der Waals surface area contributed by atoms with Gasteiger partial charge in [0, 0.05) is 6.08 Å². The first-order valence-corrected chi connectivity index (χ1v) is 5.38. The SMILES string of the molecule is [B]c1cc(C#N)ccc1OC(=C)/C=C\C(=C/N)[N+](=O)[O-]. The lowest BCUT2D eigenvalue weighted by molar-refractivity contribution is -0.419. The van der Waals surface area contributed by atoms with Gasteiger partial charge in [-0.3, -0.25) is 10.1 Å². The van der Waals surface area contributed by atoms with Crippen molar-refractivity contribution in [3.63, 3.8) is 0 Å². The molecule has 0 amide bonds. The predicted octanol–water partition coefficient (Wildman–Crippen LogP) is 0.878. The molecule has 6 nitrogen and oxygen atoms in total. The van der Waals surface area contributed by atoms with Crippen LogP contribution >= 0.6 is 0 Å². The van der Waals surface area contributed by atoms with E-state index in [-0.39, 0.29) is 16.9 Å². The van der Waals surface area contributed by atoms with Crippen LogP contribution in [0.15, 0.2) is 54.6 Å². The van der Waals surface area contributed by atoms with Gasteiger partial charge in [0.2, 0.25) is 0 Å². The lowest BCUT2D eigenvalue weighted by atomic mass is 9.93. The van der Waals surface area contributed by atoms with Crippen LogP contribution in [0.5, 0.6) is 5.75 Å². The third-order valence-electron chi connectivity index (χ3n) is 2.20. The fourth-order valence-corrected chi connectivity index (χ4v) is 1.24. The number of ether oxygens (including phenoxy) is 1. The molecule has 1 rings (SSSR count). The molecule has 2 N–H and O–H groups in total. The van der Waals surface area contributed by atoms with E-state index in [0.29, 0.717) is 11.3 Å². The van der Waals surface area contributed by atoms with Crippen molar-refractivity contribution in [2.24, 2.45) is 5.73 Å². The number of allylic oxidation sites excluding steroid dienone is 2. The number of benzene rings is 1. The Morgan fingerprint density at radius 2 is 2.25 bits per heavy atom. The van der Waals surface area contributed by atoms with Gasteiger partial charge in [-0.15, -0.1) is 0 Å². The van der Waals surface area contributed by atoms with Crippen molar-refractivity contribution in [3.05, 3.63) is 70.3 Å². The summed E-state index contributed by atoms with van der Waals surface area (Å²) in [6.45, 7) is 3.58. The molecule has 0 saturated heterocycles. The molecule has 0 atom stereocenters. The van der Waals surface area contributed by atoms with Crippen LogP contribution in [0.2, 0.25) is 0 Å². The number of hydrogen-bond acceptors (Lipinski definition) is 5. The van der Waals surface area contributed by atoms with Gasteiger partial charge in [-0.25, -0.2) is 0 Å². The second-order valence-electron chi connectivity index (χ2n) is 3.61. The molecular formula is C13H10BN3O3. The molecule has 20 heavy (non-hydrogen) atoms. The average Bonchev–Trinajstić information content (AvgIpc) is 2.41. The zero-order valence-electron chi connectivity index (χ0n) is 10.4. The van der Waals surface area contributed by atoms with Crippen LogP contribution in [0.3, 0.4) is 0 Å². The van der Waals surface area contributed by atoms with E-state index in [4.69, 9.17) is 23.6 Å². The molecule has 7 heteroatoms. The smallest absolute Gasteiger partial charge is 0.284 e. The highest BCUT2D eigenvalue weighted by molar-refractivity contribution is 6.34. The van der Waals surface area contributed by atoms with Gasteiger partial charge in [-0.1, -0.05) is 12.0 Å². The quantitative estimate of drug-likeness (QED) is 0.280. The topological polar surface area (TPSA) is 102 Å². The number of rotatable bonds is 5. The first-order chi connectivity index (χ1) is 9.47. The summed E-state index contributed by atoms with van der Waals surface area (Å²) in [5.74, 6) is 0.445. The highest BCUT2D eigenvalue weighted by Crippen LogP contribution is 2.12. The Morgan fingerprint density at radius 3 is 2.75 bits per heavy atom. The molecule has 1 aromatic rings. The second kappa shape index (κ2) is 6.80. The molecule has 0 aliphatic carbocycles. The van der Waals surface area contributed by atoms with E-state index in [0.717, 1.165) is 12.3 Å². The Labute approximate surface area is 117 Å². The Kier molecular flexibility index (Phi) is 5.12. The third-order valence-corrected chi connectivity index (χ3v) is 2.20. The zero-order valence-corrected chi connectivity index (χ0v) is 10.4. The minimum Gasteiger partial charge on any atom is -0.459 e. The minimum absolute atomic E-state index is 0.141. The molecule has 1 aromatic carbocycles. The van der Waals surface area contributed by atoms with E-state index in [2.05, 4.69) is 6.58 Å². The van der Waals surface area contributed by atoms with Crippen molar-refractivity contribution < 1.29 is 9.66 Å². The van der Waals surface area contributed by atoms with Gasteiger partial charge in [0.1, 0.15) is 19.4 Å². The molecule has 0 aliphatic rings. The van der Waals surface area contributed by atoms with Crippen LogP contribution < -0.4 is 15.9 Å². The van der Waals surface area contributed by atoms with E-state index < -0.39 is 4.92 Å². The van der Waals surface area contributed by atoms with Gasteiger partial charge >= 0.3 is 0 Å².